The smallest absolute Gasteiger partial charge is 0.291 e. The molecule has 0 bridgehead atoms. The number of anilines is 2. The molecule has 0 aliphatic carbocycles. The summed E-state index contributed by atoms with van der Waals surface area (Å²) in [6.07, 6.45) is 1.63. The van der Waals surface area contributed by atoms with Crippen LogP contribution in [0.2, 0.25) is 0 Å². The van der Waals surface area contributed by atoms with Gasteiger partial charge in [0, 0.05) is 30.5 Å². The highest BCUT2D eigenvalue weighted by Gasteiger charge is 2.78. The molecule has 4 heterocycles. The molecule has 1 spiro atoms. The van der Waals surface area contributed by atoms with Crippen molar-refractivity contribution in [2.45, 2.75) is 38.3 Å². The number of carbonyl (C=O) groups is 3. The van der Waals surface area contributed by atoms with Crippen LogP contribution in [-0.2, 0) is 19.9 Å². The Morgan fingerprint density at radius 3 is 2.70 bits per heavy atom. The fourth-order valence-electron chi connectivity index (χ4n) is 6.92. The van der Waals surface area contributed by atoms with Gasteiger partial charge >= 0.3 is 0 Å². The van der Waals surface area contributed by atoms with E-state index in [0.717, 1.165) is 51.6 Å². The molecule has 2 aromatic rings. The minimum absolute atomic E-state index is 0.146. The van der Waals surface area contributed by atoms with E-state index in [1.165, 1.54) is 24.3 Å². The summed E-state index contributed by atoms with van der Waals surface area (Å²) in [4.78, 5) is 54.2. The average Bonchev–Trinajstić information content (AvgIpc) is 3.47. The highest BCUT2D eigenvalue weighted by atomic mass is 16.6. The number of carbonyl (C=O) groups excluding carboxylic acids is 3. The van der Waals surface area contributed by atoms with Crippen molar-refractivity contribution in [1.82, 2.24) is 0 Å². The van der Waals surface area contributed by atoms with Gasteiger partial charge in [0.05, 0.1) is 22.8 Å². The molecule has 1 unspecified atom stereocenters. The lowest BCUT2D eigenvalue weighted by molar-refractivity contribution is -0.948. The summed E-state index contributed by atoms with van der Waals surface area (Å²) in [6.45, 7) is 4.62. The summed E-state index contributed by atoms with van der Waals surface area (Å²) >= 11 is 0. The van der Waals surface area contributed by atoms with Crippen molar-refractivity contribution >= 4 is 34.8 Å². The van der Waals surface area contributed by atoms with Crippen LogP contribution in [0.4, 0.5) is 17.1 Å². The maximum absolute atomic E-state index is 13.9. The number of hydrogen-bond acceptors (Lipinski definition) is 5. The van der Waals surface area contributed by atoms with Crippen LogP contribution >= 0.6 is 0 Å². The van der Waals surface area contributed by atoms with E-state index in [9.17, 15) is 24.5 Å². The van der Waals surface area contributed by atoms with Crippen molar-refractivity contribution in [2.75, 3.05) is 16.8 Å². The van der Waals surface area contributed by atoms with Gasteiger partial charge in [-0.1, -0.05) is 17.7 Å². The van der Waals surface area contributed by atoms with Crippen molar-refractivity contribution in [2.24, 2.45) is 11.8 Å². The first-order valence-electron chi connectivity index (χ1n) is 11.2. The minimum atomic E-state index is -1.17. The van der Waals surface area contributed by atoms with Gasteiger partial charge in [-0.05, 0) is 31.5 Å². The number of nitro benzene ring substituents is 1. The van der Waals surface area contributed by atoms with Crippen LogP contribution in [0.25, 0.3) is 0 Å². The van der Waals surface area contributed by atoms with Crippen LogP contribution in [0.5, 0.6) is 0 Å². The number of hydrogen-bond donors (Lipinski definition) is 2. The Morgan fingerprint density at radius 2 is 1.94 bits per heavy atom. The highest BCUT2D eigenvalue weighted by Crippen LogP contribution is 2.53. The third-order valence-corrected chi connectivity index (χ3v) is 7.97. The standard InChI is InChI=1S/C24H22N4O5/c1-12-9-13(2)20-16(10-12)24(23(31)25-20)19-18(17-7-4-8-26(17)24)21(29)27(22(19)30)14-5-3-6-15(11-14)28(32)33/h3,5-6,9-11,17-19H,4,7-8H2,1-2H3,(H,25,31)/p+1/t17-,18+,19-,24-/m0/s1. The molecule has 3 saturated heterocycles. The van der Waals surface area contributed by atoms with Crippen molar-refractivity contribution in [3.8, 4) is 0 Å². The first-order chi connectivity index (χ1) is 15.8. The number of nitrogens with zero attached hydrogens (tertiary/aromatic N) is 2. The van der Waals surface area contributed by atoms with Crippen LogP contribution in [0.15, 0.2) is 36.4 Å². The first-order valence-corrected chi connectivity index (χ1v) is 11.2. The number of non-ortho nitro benzene ring substituents is 1. The van der Waals surface area contributed by atoms with Gasteiger partial charge in [-0.3, -0.25) is 24.5 Å². The molecule has 0 aromatic heterocycles. The Bertz CT molecular complexity index is 1290. The lowest BCUT2D eigenvalue weighted by Crippen LogP contribution is -3.19. The van der Waals surface area contributed by atoms with Crippen LogP contribution in [0.3, 0.4) is 0 Å². The summed E-state index contributed by atoms with van der Waals surface area (Å²) in [5.74, 6) is -2.52. The monoisotopic (exact) mass is 447 g/mol. The predicted octanol–water partition coefficient (Wildman–Crippen LogP) is 1.23. The van der Waals surface area contributed by atoms with Crippen LogP contribution in [-0.4, -0.2) is 35.2 Å². The summed E-state index contributed by atoms with van der Waals surface area (Å²) < 4.78 is 0. The minimum Gasteiger partial charge on any atom is -0.320 e. The van der Waals surface area contributed by atoms with E-state index in [0.29, 0.717) is 0 Å². The van der Waals surface area contributed by atoms with Crippen molar-refractivity contribution in [3.63, 3.8) is 0 Å². The quantitative estimate of drug-likeness (QED) is 0.408. The second-order valence-electron chi connectivity index (χ2n) is 9.58. The molecular formula is C24H23N4O5+. The maximum atomic E-state index is 13.9. The molecule has 0 saturated carbocycles. The van der Waals surface area contributed by atoms with Crippen molar-refractivity contribution < 1.29 is 24.2 Å². The summed E-state index contributed by atoms with van der Waals surface area (Å²) in [5.41, 5.74) is 2.28. The van der Waals surface area contributed by atoms with Crippen molar-refractivity contribution in [1.29, 1.82) is 0 Å². The molecule has 0 radical (unpaired) electrons. The average molecular weight is 447 g/mol. The van der Waals surface area contributed by atoms with Gasteiger partial charge in [0.25, 0.3) is 11.6 Å². The zero-order chi connectivity index (χ0) is 23.2. The molecule has 9 heteroatoms. The largest absolute Gasteiger partial charge is 0.320 e. The van der Waals surface area contributed by atoms with E-state index >= 15 is 0 Å². The zero-order valence-electron chi connectivity index (χ0n) is 18.3. The summed E-state index contributed by atoms with van der Waals surface area (Å²) in [7, 11) is 0. The van der Waals surface area contributed by atoms with Crippen molar-refractivity contribution in [3.05, 3.63) is 63.2 Å². The van der Waals surface area contributed by atoms with Gasteiger partial charge in [-0.2, -0.15) is 0 Å². The number of amides is 3. The number of nitro groups is 1. The number of aryl methyl sites for hydroxylation is 2. The molecule has 4 aliphatic heterocycles. The predicted molar refractivity (Wildman–Crippen MR) is 118 cm³/mol. The second-order valence-corrected chi connectivity index (χ2v) is 9.58. The van der Waals surface area contributed by atoms with E-state index in [-0.39, 0.29) is 29.2 Å². The van der Waals surface area contributed by atoms with Crippen LogP contribution in [0, 0.1) is 35.8 Å². The topological polar surface area (TPSA) is 114 Å². The van der Waals surface area contributed by atoms with Gasteiger partial charge < -0.3 is 10.2 Å². The molecule has 6 rings (SSSR count). The van der Waals surface area contributed by atoms with E-state index in [2.05, 4.69) is 5.32 Å². The summed E-state index contributed by atoms with van der Waals surface area (Å²) in [6, 6.07) is 9.40. The Balaban J connectivity index is 1.55. The number of quaternary nitrogens is 1. The normalized spacial score (nSPS) is 31.7. The molecule has 33 heavy (non-hydrogen) atoms. The molecule has 5 atom stereocenters. The molecule has 2 N–H and O–H groups in total. The fourth-order valence-corrected chi connectivity index (χ4v) is 6.92. The molecule has 168 valence electrons. The van der Waals surface area contributed by atoms with Crippen LogP contribution < -0.4 is 15.1 Å². The molecule has 3 amide bonds. The molecule has 9 nitrogen and oxygen atoms in total. The Hall–Kier alpha value is -3.59. The fraction of sp³-hybridized carbons (Fsp3) is 0.375. The van der Waals surface area contributed by atoms with Gasteiger partial charge in [-0.15, -0.1) is 0 Å². The van der Waals surface area contributed by atoms with Gasteiger partial charge in [0.2, 0.25) is 17.4 Å². The van der Waals surface area contributed by atoms with E-state index < -0.39 is 28.2 Å². The number of rotatable bonds is 2. The van der Waals surface area contributed by atoms with Gasteiger partial charge in [0.15, 0.2) is 0 Å². The maximum Gasteiger partial charge on any atom is 0.291 e. The van der Waals surface area contributed by atoms with Gasteiger partial charge in [-0.25, -0.2) is 4.90 Å². The zero-order valence-corrected chi connectivity index (χ0v) is 18.3. The SMILES string of the molecule is Cc1cc(C)c2c(c1)[C@@]1(C(=O)N2)[C@@H]2C(=O)N(c3cccc([N+](=O)[O-])c3)C(=O)[C@@H]2[C@@H]2CCC[NH+]21. The molecule has 4 aliphatic rings. The first kappa shape index (κ1) is 20.0. The lowest BCUT2D eigenvalue weighted by Gasteiger charge is -2.33. The Morgan fingerprint density at radius 1 is 1.15 bits per heavy atom. The van der Waals surface area contributed by atoms with E-state index in [1.807, 2.05) is 26.0 Å². The number of benzene rings is 2. The number of nitrogens with one attached hydrogen (secondary N) is 2. The number of imide groups is 1. The third kappa shape index (κ3) is 2.32. The van der Waals surface area contributed by atoms with Gasteiger partial charge in [0.1, 0.15) is 17.9 Å². The van der Waals surface area contributed by atoms with Crippen LogP contribution in [0.1, 0.15) is 29.5 Å². The van der Waals surface area contributed by atoms with E-state index in [1.54, 1.807) is 0 Å². The van der Waals surface area contributed by atoms with E-state index in [4.69, 9.17) is 0 Å². The summed E-state index contributed by atoms with van der Waals surface area (Å²) in [5, 5.41) is 14.3. The molecule has 3 fully saturated rings. The molecular weight excluding hydrogens is 424 g/mol. The lowest BCUT2D eigenvalue weighted by atomic mass is 9.75. The Kier molecular flexibility index (Phi) is 3.93. The second kappa shape index (κ2) is 6.48. The molecule has 2 aromatic carbocycles. The highest BCUT2D eigenvalue weighted by molar-refractivity contribution is 6.25. The number of fused-ring (bicyclic) bond motifs is 7. The Labute approximate surface area is 189 Å². The third-order valence-electron chi connectivity index (χ3n) is 7.97.